The molecule has 0 saturated carbocycles. The van der Waals surface area contributed by atoms with Crippen LogP contribution in [-0.2, 0) is 24.9 Å². The van der Waals surface area contributed by atoms with E-state index in [4.69, 9.17) is 4.74 Å². The molecule has 1 atom stereocenters. The lowest BCUT2D eigenvalue weighted by atomic mass is 10.2. The Morgan fingerprint density at radius 3 is 2.76 bits per heavy atom. The van der Waals surface area contributed by atoms with E-state index in [2.05, 4.69) is 20.6 Å². The van der Waals surface area contributed by atoms with Crippen LogP contribution in [0.2, 0.25) is 0 Å². The van der Waals surface area contributed by atoms with Gasteiger partial charge in [-0.1, -0.05) is 0 Å². The molecule has 138 valence electrons. The van der Waals surface area contributed by atoms with Crippen molar-refractivity contribution in [2.24, 2.45) is 7.05 Å². The summed E-state index contributed by atoms with van der Waals surface area (Å²) >= 11 is 0. The fourth-order valence-electron chi connectivity index (χ4n) is 2.68. The average molecular weight is 349 g/mol. The van der Waals surface area contributed by atoms with Gasteiger partial charge in [-0.25, -0.2) is 4.79 Å². The normalized spacial score (nSPS) is 12.2. The Hall–Kier alpha value is -2.42. The van der Waals surface area contributed by atoms with Crippen LogP contribution in [0.15, 0.2) is 6.33 Å². The number of carbonyl (C=O) groups excluding carboxylic acids is 1. The second-order valence-corrected chi connectivity index (χ2v) is 6.18. The molecule has 9 nitrogen and oxygen atoms in total. The molecule has 0 unspecified atom stereocenters. The summed E-state index contributed by atoms with van der Waals surface area (Å²) in [6, 6.07) is -0.429. The first-order valence-electron chi connectivity index (χ1n) is 8.22. The number of hydrogen-bond donors (Lipinski definition) is 1. The first-order chi connectivity index (χ1) is 11.8. The summed E-state index contributed by atoms with van der Waals surface area (Å²) in [6.07, 6.45) is 1.64. The lowest BCUT2D eigenvalue weighted by Gasteiger charge is -2.21. The van der Waals surface area contributed by atoms with Crippen LogP contribution < -0.4 is 5.32 Å². The topological polar surface area (TPSA) is 90.1 Å². The van der Waals surface area contributed by atoms with Gasteiger partial charge in [-0.3, -0.25) is 4.68 Å². The van der Waals surface area contributed by atoms with Gasteiger partial charge in [-0.15, -0.1) is 10.2 Å². The summed E-state index contributed by atoms with van der Waals surface area (Å²) in [5, 5.41) is 15.4. The van der Waals surface area contributed by atoms with Gasteiger partial charge >= 0.3 is 6.03 Å². The van der Waals surface area contributed by atoms with Crippen LogP contribution in [-0.4, -0.2) is 56.2 Å². The molecule has 2 rings (SSSR count). The number of urea groups is 1. The first-order valence-corrected chi connectivity index (χ1v) is 8.22. The van der Waals surface area contributed by atoms with E-state index >= 15 is 0 Å². The van der Waals surface area contributed by atoms with Crippen LogP contribution in [0.3, 0.4) is 0 Å². The lowest BCUT2D eigenvalue weighted by Crippen LogP contribution is -2.39. The molecule has 0 spiro atoms. The molecule has 9 heteroatoms. The Morgan fingerprint density at radius 2 is 2.16 bits per heavy atom. The molecule has 0 aliphatic carbocycles. The number of carbonyl (C=O) groups is 1. The maximum absolute atomic E-state index is 12.5. The maximum Gasteiger partial charge on any atom is 0.318 e. The molecule has 0 bridgehead atoms. The van der Waals surface area contributed by atoms with Crippen LogP contribution in [0.1, 0.15) is 35.7 Å². The monoisotopic (exact) mass is 349 g/mol. The Kier molecular flexibility index (Phi) is 6.13. The van der Waals surface area contributed by atoms with E-state index in [1.807, 2.05) is 37.1 Å². The molecule has 0 aliphatic heterocycles. The van der Waals surface area contributed by atoms with Crippen LogP contribution in [0.25, 0.3) is 0 Å². The van der Waals surface area contributed by atoms with Crippen molar-refractivity contribution in [3.05, 3.63) is 29.1 Å². The summed E-state index contributed by atoms with van der Waals surface area (Å²) < 4.78 is 8.79. The summed E-state index contributed by atoms with van der Waals surface area (Å²) in [7, 11) is 5.32. The second-order valence-electron chi connectivity index (χ2n) is 6.18. The van der Waals surface area contributed by atoms with E-state index in [9.17, 15) is 4.79 Å². The minimum atomic E-state index is -0.259. The van der Waals surface area contributed by atoms with Crippen LogP contribution in [0.4, 0.5) is 4.79 Å². The molecule has 0 saturated heterocycles. The maximum atomic E-state index is 12.5. The van der Waals surface area contributed by atoms with Crippen molar-refractivity contribution < 1.29 is 9.53 Å². The van der Waals surface area contributed by atoms with Gasteiger partial charge in [0.15, 0.2) is 5.82 Å². The van der Waals surface area contributed by atoms with E-state index in [-0.39, 0.29) is 12.1 Å². The molecule has 2 aromatic rings. The molecular formula is C16H27N7O2. The quantitative estimate of drug-likeness (QED) is 0.810. The van der Waals surface area contributed by atoms with Crippen molar-refractivity contribution in [1.29, 1.82) is 0 Å². The highest BCUT2D eigenvalue weighted by atomic mass is 16.5. The SMILES string of the molecule is COCCn1cnnc1[C@H](C)NC(=O)N(C)Cc1c(C)nn(C)c1C. The van der Waals surface area contributed by atoms with Crippen LogP contribution in [0, 0.1) is 13.8 Å². The summed E-state index contributed by atoms with van der Waals surface area (Å²) in [6.45, 7) is 7.55. The summed E-state index contributed by atoms with van der Waals surface area (Å²) in [4.78, 5) is 14.2. The number of rotatable bonds is 7. The predicted molar refractivity (Wildman–Crippen MR) is 93.0 cm³/mol. The minimum absolute atomic E-state index is 0.170. The van der Waals surface area contributed by atoms with Gasteiger partial charge in [-0.05, 0) is 20.8 Å². The van der Waals surface area contributed by atoms with Gasteiger partial charge in [0.1, 0.15) is 6.33 Å². The standard InChI is InChI=1S/C16H27N7O2/c1-11-14(13(3)22(5)20-11)9-21(4)16(24)18-12(2)15-19-17-10-23(15)7-8-25-6/h10,12H,7-9H2,1-6H3,(H,18,24)/t12-/m0/s1. The third kappa shape index (κ3) is 4.36. The number of amides is 2. The van der Waals surface area contributed by atoms with E-state index < -0.39 is 0 Å². The predicted octanol–water partition coefficient (Wildman–Crippen LogP) is 1.18. The molecule has 2 amide bonds. The highest BCUT2D eigenvalue weighted by Crippen LogP contribution is 2.15. The molecule has 2 heterocycles. The number of nitrogens with one attached hydrogen (secondary N) is 1. The van der Waals surface area contributed by atoms with E-state index in [1.54, 1.807) is 25.4 Å². The highest BCUT2D eigenvalue weighted by molar-refractivity contribution is 5.74. The molecule has 0 radical (unpaired) electrons. The van der Waals surface area contributed by atoms with Crippen molar-refractivity contribution in [1.82, 2.24) is 34.8 Å². The van der Waals surface area contributed by atoms with E-state index in [0.717, 1.165) is 17.0 Å². The fraction of sp³-hybridized carbons (Fsp3) is 0.625. The Labute approximate surface area is 148 Å². The largest absolute Gasteiger partial charge is 0.383 e. The van der Waals surface area contributed by atoms with Crippen molar-refractivity contribution in [2.75, 3.05) is 20.8 Å². The third-order valence-electron chi connectivity index (χ3n) is 4.31. The molecule has 0 aromatic carbocycles. The van der Waals surface area contributed by atoms with Crippen molar-refractivity contribution >= 4 is 6.03 Å². The molecule has 1 N–H and O–H groups in total. The Balaban J connectivity index is 2.00. The zero-order valence-corrected chi connectivity index (χ0v) is 15.8. The van der Waals surface area contributed by atoms with Gasteiger partial charge in [-0.2, -0.15) is 5.10 Å². The average Bonchev–Trinajstić information content (AvgIpc) is 3.13. The Bertz CT molecular complexity index is 722. The number of nitrogens with zero attached hydrogens (tertiary/aromatic N) is 6. The van der Waals surface area contributed by atoms with Crippen LogP contribution >= 0.6 is 0 Å². The van der Waals surface area contributed by atoms with Crippen molar-refractivity contribution in [3.8, 4) is 0 Å². The zero-order chi connectivity index (χ0) is 18.6. The molecule has 25 heavy (non-hydrogen) atoms. The second kappa shape index (κ2) is 8.11. The zero-order valence-electron chi connectivity index (χ0n) is 15.8. The number of hydrogen-bond acceptors (Lipinski definition) is 5. The minimum Gasteiger partial charge on any atom is -0.383 e. The summed E-state index contributed by atoms with van der Waals surface area (Å²) in [5.41, 5.74) is 3.06. The molecule has 2 aromatic heterocycles. The Morgan fingerprint density at radius 1 is 1.44 bits per heavy atom. The van der Waals surface area contributed by atoms with Gasteiger partial charge in [0, 0.05) is 39.0 Å². The number of aromatic nitrogens is 5. The molecular weight excluding hydrogens is 322 g/mol. The van der Waals surface area contributed by atoms with Gasteiger partial charge in [0.25, 0.3) is 0 Å². The van der Waals surface area contributed by atoms with Crippen molar-refractivity contribution in [2.45, 2.75) is 39.9 Å². The van der Waals surface area contributed by atoms with Gasteiger partial charge in [0.05, 0.1) is 24.9 Å². The summed E-state index contributed by atoms with van der Waals surface area (Å²) in [5.74, 6) is 0.701. The number of ether oxygens (including phenoxy) is 1. The van der Waals surface area contributed by atoms with E-state index in [0.29, 0.717) is 25.5 Å². The molecule has 0 fully saturated rings. The van der Waals surface area contributed by atoms with Gasteiger partial charge in [0.2, 0.25) is 0 Å². The highest BCUT2D eigenvalue weighted by Gasteiger charge is 2.20. The molecule has 0 aliphatic rings. The number of methoxy groups -OCH3 is 1. The van der Waals surface area contributed by atoms with Crippen LogP contribution in [0.5, 0.6) is 0 Å². The van der Waals surface area contributed by atoms with E-state index in [1.165, 1.54) is 0 Å². The first kappa shape index (κ1) is 18.9. The number of aryl methyl sites for hydroxylation is 2. The van der Waals surface area contributed by atoms with Gasteiger partial charge < -0.3 is 19.5 Å². The smallest absolute Gasteiger partial charge is 0.318 e. The fourth-order valence-corrected chi connectivity index (χ4v) is 2.68. The van der Waals surface area contributed by atoms with Crippen molar-refractivity contribution in [3.63, 3.8) is 0 Å². The lowest BCUT2D eigenvalue weighted by molar-refractivity contribution is 0.184. The third-order valence-corrected chi connectivity index (χ3v) is 4.31.